The lowest BCUT2D eigenvalue weighted by Gasteiger charge is -2.15. The number of aliphatic imine (C=N–C) groups is 1. The Hall–Kier alpha value is -1.56. The van der Waals surface area contributed by atoms with Gasteiger partial charge in [0.1, 0.15) is 0 Å². The summed E-state index contributed by atoms with van der Waals surface area (Å²) in [7, 11) is 1.66. The van der Waals surface area contributed by atoms with Gasteiger partial charge in [0, 0.05) is 32.4 Å². The van der Waals surface area contributed by atoms with E-state index in [1.807, 2.05) is 5.38 Å². The first-order chi connectivity index (χ1) is 12.4. The zero-order valence-electron chi connectivity index (χ0n) is 14.9. The first kappa shape index (κ1) is 23.5. The van der Waals surface area contributed by atoms with E-state index in [9.17, 15) is 13.2 Å². The van der Waals surface area contributed by atoms with Crippen molar-refractivity contribution in [3.8, 4) is 5.88 Å². The molecule has 0 aliphatic rings. The molecule has 2 N–H and O–H groups in total. The number of halogens is 4. The molecule has 2 rings (SSSR count). The lowest BCUT2D eigenvalue weighted by atomic mass is 10.1. The number of aromatic nitrogens is 1. The number of hydrogen-bond donors (Lipinski definition) is 2. The predicted octanol–water partition coefficient (Wildman–Crippen LogP) is 4.17. The van der Waals surface area contributed by atoms with Crippen LogP contribution in [0.15, 0.2) is 40.1 Å². The molecule has 0 spiro atoms. The average Bonchev–Trinajstić information content (AvgIpc) is 3.14. The van der Waals surface area contributed by atoms with Gasteiger partial charge in [-0.05, 0) is 39.9 Å². The predicted molar refractivity (Wildman–Crippen MR) is 112 cm³/mol. The minimum absolute atomic E-state index is 0. The summed E-state index contributed by atoms with van der Waals surface area (Å²) in [6, 6.07) is 5.27. The highest BCUT2D eigenvalue weighted by Crippen LogP contribution is 2.18. The smallest absolute Gasteiger partial charge is 0.422 e. The van der Waals surface area contributed by atoms with Gasteiger partial charge in [0.2, 0.25) is 5.88 Å². The Labute approximate surface area is 177 Å². The summed E-state index contributed by atoms with van der Waals surface area (Å²) in [4.78, 5) is 7.93. The molecule has 10 heteroatoms. The molecule has 2 heterocycles. The third-order valence-corrected chi connectivity index (χ3v) is 4.26. The van der Waals surface area contributed by atoms with Crippen molar-refractivity contribution >= 4 is 41.3 Å². The third-order valence-electron chi connectivity index (χ3n) is 3.55. The quantitative estimate of drug-likeness (QED) is 0.331. The third kappa shape index (κ3) is 8.78. The molecule has 0 saturated heterocycles. The molecule has 1 unspecified atom stereocenters. The minimum atomic E-state index is -4.39. The number of nitrogens with zero attached hydrogens (tertiary/aromatic N) is 2. The van der Waals surface area contributed by atoms with E-state index in [0.717, 1.165) is 5.56 Å². The molecule has 150 valence electrons. The zero-order chi connectivity index (χ0) is 19.0. The maximum absolute atomic E-state index is 12.2. The number of hydrogen-bond acceptors (Lipinski definition) is 4. The number of rotatable bonds is 7. The summed E-state index contributed by atoms with van der Waals surface area (Å²) in [6.07, 6.45) is -2.97. The van der Waals surface area contributed by atoms with Crippen molar-refractivity contribution in [2.24, 2.45) is 4.99 Å². The van der Waals surface area contributed by atoms with Crippen molar-refractivity contribution in [1.29, 1.82) is 0 Å². The number of nitrogens with one attached hydrogen (secondary N) is 2. The summed E-state index contributed by atoms with van der Waals surface area (Å²) in [5.74, 6) is 0.889. The zero-order valence-corrected chi connectivity index (χ0v) is 18.1. The molecule has 0 aromatic carbocycles. The molecular formula is C17H22F3IN4OS. The molecule has 0 aliphatic heterocycles. The Kier molecular flexibility index (Phi) is 9.84. The normalized spacial score (nSPS) is 12.9. The van der Waals surface area contributed by atoms with Gasteiger partial charge in [0.25, 0.3) is 0 Å². The second-order valence-electron chi connectivity index (χ2n) is 5.67. The highest BCUT2D eigenvalue weighted by molar-refractivity contribution is 14.0. The van der Waals surface area contributed by atoms with Crippen LogP contribution in [-0.2, 0) is 6.54 Å². The summed E-state index contributed by atoms with van der Waals surface area (Å²) in [5, 5.41) is 10.5. The summed E-state index contributed by atoms with van der Waals surface area (Å²) < 4.78 is 41.3. The molecule has 0 fully saturated rings. The highest BCUT2D eigenvalue weighted by Gasteiger charge is 2.28. The molecule has 2 aromatic rings. The average molecular weight is 514 g/mol. The van der Waals surface area contributed by atoms with Gasteiger partial charge in [-0.2, -0.15) is 24.5 Å². The summed E-state index contributed by atoms with van der Waals surface area (Å²) >= 11 is 1.66. The van der Waals surface area contributed by atoms with Gasteiger partial charge < -0.3 is 15.4 Å². The van der Waals surface area contributed by atoms with Crippen molar-refractivity contribution < 1.29 is 17.9 Å². The van der Waals surface area contributed by atoms with Gasteiger partial charge in [-0.25, -0.2) is 4.98 Å². The van der Waals surface area contributed by atoms with Gasteiger partial charge in [-0.15, -0.1) is 24.0 Å². The van der Waals surface area contributed by atoms with E-state index in [4.69, 9.17) is 0 Å². The maximum atomic E-state index is 12.2. The minimum Gasteiger partial charge on any atom is -0.468 e. The van der Waals surface area contributed by atoms with Crippen LogP contribution in [0.2, 0.25) is 0 Å². The van der Waals surface area contributed by atoms with Crippen LogP contribution < -0.4 is 15.4 Å². The van der Waals surface area contributed by atoms with Crippen molar-refractivity contribution in [2.45, 2.75) is 25.6 Å². The van der Waals surface area contributed by atoms with Gasteiger partial charge in [-0.3, -0.25) is 4.99 Å². The first-order valence-corrected chi connectivity index (χ1v) is 8.93. The molecular weight excluding hydrogens is 492 g/mol. The van der Waals surface area contributed by atoms with Crippen LogP contribution in [0.5, 0.6) is 5.88 Å². The summed E-state index contributed by atoms with van der Waals surface area (Å²) in [6.45, 7) is 1.86. The van der Waals surface area contributed by atoms with E-state index in [1.165, 1.54) is 17.8 Å². The Bertz CT molecular complexity index is 710. The number of pyridine rings is 1. The molecule has 27 heavy (non-hydrogen) atoms. The Morgan fingerprint density at radius 1 is 1.33 bits per heavy atom. The summed E-state index contributed by atoms with van der Waals surface area (Å²) in [5.41, 5.74) is 2.00. The van der Waals surface area contributed by atoms with Crippen LogP contribution in [0.4, 0.5) is 13.2 Å². The van der Waals surface area contributed by atoms with Gasteiger partial charge in [-0.1, -0.05) is 6.92 Å². The van der Waals surface area contributed by atoms with Crippen molar-refractivity contribution in [3.05, 3.63) is 46.3 Å². The van der Waals surface area contributed by atoms with E-state index in [-0.39, 0.29) is 29.9 Å². The number of alkyl halides is 3. The van der Waals surface area contributed by atoms with Crippen molar-refractivity contribution in [2.75, 3.05) is 20.2 Å². The Balaban J connectivity index is 0.00000364. The fourth-order valence-corrected chi connectivity index (χ4v) is 2.91. The van der Waals surface area contributed by atoms with Crippen LogP contribution in [0.3, 0.4) is 0 Å². The Morgan fingerprint density at radius 2 is 2.11 bits per heavy atom. The first-order valence-electron chi connectivity index (χ1n) is 7.98. The molecule has 0 saturated carbocycles. The number of thiophene rings is 1. The molecule has 1 atom stereocenters. The second kappa shape index (κ2) is 11.3. The van der Waals surface area contributed by atoms with Crippen LogP contribution in [-0.4, -0.2) is 37.3 Å². The van der Waals surface area contributed by atoms with Crippen molar-refractivity contribution in [1.82, 2.24) is 15.6 Å². The fourth-order valence-electron chi connectivity index (χ4n) is 2.12. The van der Waals surface area contributed by atoms with Gasteiger partial charge in [0.05, 0.1) is 0 Å². The maximum Gasteiger partial charge on any atom is 0.422 e. The molecule has 0 amide bonds. The van der Waals surface area contributed by atoms with Gasteiger partial charge >= 0.3 is 6.18 Å². The molecule has 2 aromatic heterocycles. The van der Waals surface area contributed by atoms with E-state index in [0.29, 0.717) is 25.0 Å². The lowest BCUT2D eigenvalue weighted by Crippen LogP contribution is -2.38. The van der Waals surface area contributed by atoms with E-state index < -0.39 is 12.8 Å². The molecule has 0 radical (unpaired) electrons. The standard InChI is InChI=1S/C17H21F3N4OS.HI/c1-12(14-4-6-26-10-14)8-23-16(21-2)24-9-13-3-5-22-15(7-13)25-11-17(18,19)20;/h3-7,10,12H,8-9,11H2,1-2H3,(H2,21,23,24);1H. The highest BCUT2D eigenvalue weighted by atomic mass is 127. The number of guanidine groups is 1. The van der Waals surface area contributed by atoms with Gasteiger partial charge in [0.15, 0.2) is 12.6 Å². The van der Waals surface area contributed by atoms with E-state index >= 15 is 0 Å². The molecule has 0 bridgehead atoms. The van der Waals surface area contributed by atoms with Crippen LogP contribution in [0, 0.1) is 0 Å². The fraction of sp³-hybridized carbons (Fsp3) is 0.412. The van der Waals surface area contributed by atoms with Crippen LogP contribution in [0.1, 0.15) is 24.0 Å². The Morgan fingerprint density at radius 3 is 2.74 bits per heavy atom. The SMILES string of the molecule is CN=C(NCc1ccnc(OCC(F)(F)F)c1)NCC(C)c1ccsc1.I. The second-order valence-corrected chi connectivity index (χ2v) is 6.45. The molecule has 5 nitrogen and oxygen atoms in total. The van der Waals surface area contributed by atoms with E-state index in [1.54, 1.807) is 24.5 Å². The lowest BCUT2D eigenvalue weighted by molar-refractivity contribution is -0.154. The van der Waals surface area contributed by atoms with Crippen molar-refractivity contribution in [3.63, 3.8) is 0 Å². The molecule has 0 aliphatic carbocycles. The topological polar surface area (TPSA) is 58.5 Å². The van der Waals surface area contributed by atoms with Crippen LogP contribution >= 0.6 is 35.3 Å². The largest absolute Gasteiger partial charge is 0.468 e. The van der Waals surface area contributed by atoms with E-state index in [2.05, 4.69) is 43.7 Å². The number of ether oxygens (including phenoxy) is 1. The van der Waals surface area contributed by atoms with Crippen LogP contribution in [0.25, 0.3) is 0 Å². The monoisotopic (exact) mass is 514 g/mol.